The Morgan fingerprint density at radius 2 is 1.14 bits per heavy atom. The molecular weight excluding hydrogens is 531 g/mol. The zero-order valence-electron chi connectivity index (χ0n) is 22.5. The highest BCUT2D eigenvalue weighted by molar-refractivity contribution is 7.26. The summed E-state index contributed by atoms with van der Waals surface area (Å²) in [7, 11) is 0. The molecule has 0 atom stereocenters. The van der Waals surface area contributed by atoms with E-state index >= 15 is 0 Å². The Morgan fingerprint density at radius 1 is 0.452 bits per heavy atom. The summed E-state index contributed by atoms with van der Waals surface area (Å²) < 4.78 is 4.86. The minimum absolute atomic E-state index is 0.853. The molecule has 0 saturated heterocycles. The zero-order valence-corrected chi connectivity index (χ0v) is 23.3. The van der Waals surface area contributed by atoms with E-state index in [4.69, 9.17) is 0 Å². The van der Waals surface area contributed by atoms with Crippen LogP contribution in [0.15, 0.2) is 140 Å². The molecule has 196 valence electrons. The monoisotopic (exact) mass is 553 g/mol. The van der Waals surface area contributed by atoms with Gasteiger partial charge in [-0.3, -0.25) is 4.40 Å². The third-order valence-corrected chi connectivity index (χ3v) is 9.54. The lowest BCUT2D eigenvalue weighted by atomic mass is 9.92. The van der Waals surface area contributed by atoms with Gasteiger partial charge in [0.05, 0.1) is 5.52 Å². The molecule has 0 amide bonds. The van der Waals surface area contributed by atoms with Crippen molar-refractivity contribution in [2.45, 2.75) is 0 Å². The molecule has 0 aliphatic rings. The van der Waals surface area contributed by atoms with Gasteiger partial charge < -0.3 is 0 Å². The second-order valence-corrected chi connectivity index (χ2v) is 11.7. The van der Waals surface area contributed by atoms with Crippen LogP contribution in [0, 0.1) is 0 Å². The van der Waals surface area contributed by atoms with Gasteiger partial charge in [-0.05, 0) is 40.3 Å². The fourth-order valence-corrected chi connectivity index (χ4v) is 7.65. The van der Waals surface area contributed by atoms with E-state index in [1.165, 1.54) is 53.2 Å². The highest BCUT2D eigenvalue weighted by Gasteiger charge is 2.18. The van der Waals surface area contributed by atoms with Crippen molar-refractivity contribution >= 4 is 58.8 Å². The summed E-state index contributed by atoms with van der Waals surface area (Å²) in [6.45, 7) is 0. The Balaban J connectivity index is 1.32. The van der Waals surface area contributed by atoms with Gasteiger partial charge >= 0.3 is 0 Å². The van der Waals surface area contributed by atoms with Gasteiger partial charge in [0.1, 0.15) is 0 Å². The molecule has 0 fully saturated rings. The average molecular weight is 554 g/mol. The topological polar surface area (TPSA) is 30.2 Å². The minimum atomic E-state index is 0.853. The second kappa shape index (κ2) is 9.10. The largest absolute Gasteiger partial charge is 0.274 e. The van der Waals surface area contributed by atoms with Crippen molar-refractivity contribution < 1.29 is 0 Å². The van der Waals surface area contributed by atoms with Crippen molar-refractivity contribution in [3.8, 4) is 33.6 Å². The van der Waals surface area contributed by atoms with Crippen molar-refractivity contribution in [3.05, 3.63) is 140 Å². The van der Waals surface area contributed by atoms with E-state index in [-0.39, 0.29) is 0 Å². The number of benzene rings is 6. The maximum Gasteiger partial charge on any atom is 0.169 e. The molecule has 4 heteroatoms. The fraction of sp³-hybridized carbons (Fsp3) is 0. The molecule has 0 spiro atoms. The van der Waals surface area contributed by atoms with E-state index in [1.54, 1.807) is 0 Å². The van der Waals surface area contributed by atoms with Crippen LogP contribution in [0.1, 0.15) is 0 Å². The van der Waals surface area contributed by atoms with Gasteiger partial charge in [0.2, 0.25) is 0 Å². The van der Waals surface area contributed by atoms with E-state index in [2.05, 4.69) is 136 Å². The maximum atomic E-state index is 4.67. The maximum absolute atomic E-state index is 4.67. The van der Waals surface area contributed by atoms with Crippen molar-refractivity contribution in [1.29, 1.82) is 0 Å². The number of rotatable bonds is 3. The molecule has 3 nitrogen and oxygen atoms in total. The highest BCUT2D eigenvalue weighted by Crippen LogP contribution is 2.43. The van der Waals surface area contributed by atoms with E-state index in [0.29, 0.717) is 0 Å². The molecule has 0 aliphatic carbocycles. The molecule has 9 aromatic rings. The fourth-order valence-electron chi connectivity index (χ4n) is 6.42. The summed E-state index contributed by atoms with van der Waals surface area (Å²) in [6, 6.07) is 49.9. The molecule has 3 heterocycles. The van der Waals surface area contributed by atoms with Gasteiger partial charge in [0.25, 0.3) is 0 Å². The highest BCUT2D eigenvalue weighted by atomic mass is 32.1. The van der Waals surface area contributed by atoms with E-state index < -0.39 is 0 Å². The second-order valence-electron chi connectivity index (χ2n) is 10.7. The van der Waals surface area contributed by atoms with Gasteiger partial charge in [0.15, 0.2) is 11.5 Å². The summed E-state index contributed by atoms with van der Waals surface area (Å²) in [4.78, 5) is 0. The zero-order chi connectivity index (χ0) is 27.6. The van der Waals surface area contributed by atoms with Gasteiger partial charge in [-0.2, -0.15) is 0 Å². The molecule has 3 aromatic heterocycles. The number of fused-ring (bicyclic) bond motifs is 9. The Hall–Kier alpha value is -5.32. The molecule has 0 aliphatic heterocycles. The third-order valence-electron chi connectivity index (χ3n) is 8.32. The molecule has 6 aromatic carbocycles. The third kappa shape index (κ3) is 3.39. The first-order chi connectivity index (χ1) is 20.8. The molecule has 0 N–H and O–H groups in total. The van der Waals surface area contributed by atoms with Crippen molar-refractivity contribution in [2.24, 2.45) is 0 Å². The molecule has 42 heavy (non-hydrogen) atoms. The van der Waals surface area contributed by atoms with Crippen LogP contribution < -0.4 is 0 Å². The molecule has 0 radical (unpaired) electrons. The quantitative estimate of drug-likeness (QED) is 0.204. The van der Waals surface area contributed by atoms with Crippen molar-refractivity contribution in [3.63, 3.8) is 0 Å². The van der Waals surface area contributed by atoms with Crippen LogP contribution >= 0.6 is 11.3 Å². The predicted molar refractivity (Wildman–Crippen MR) is 177 cm³/mol. The first kappa shape index (κ1) is 23.4. The summed E-state index contributed by atoms with van der Waals surface area (Å²) in [5, 5.41) is 15.4. The number of nitrogens with zero attached hydrogens (tertiary/aromatic N) is 3. The standard InChI is InChI=1S/C38H23N3S/c1-2-11-24(12-3-1)37-39-40-38-32-17-7-6-15-28(32)33-23-25(21-22-34(33)41(37)38)26-13-4-5-14-27(26)30-18-10-19-31-29-16-8-9-20-35(29)42-36(30)31/h1-23H. The van der Waals surface area contributed by atoms with Gasteiger partial charge in [-0.1, -0.05) is 121 Å². The smallest absolute Gasteiger partial charge is 0.169 e. The van der Waals surface area contributed by atoms with E-state index in [1.807, 2.05) is 29.5 Å². The van der Waals surface area contributed by atoms with Crippen LogP contribution in [-0.4, -0.2) is 14.6 Å². The molecule has 0 saturated carbocycles. The van der Waals surface area contributed by atoms with Gasteiger partial charge in [-0.25, -0.2) is 0 Å². The Kier molecular flexibility index (Phi) is 5.07. The molecule has 0 bridgehead atoms. The first-order valence-electron chi connectivity index (χ1n) is 14.1. The number of hydrogen-bond donors (Lipinski definition) is 0. The van der Waals surface area contributed by atoms with Crippen LogP contribution in [0.25, 0.3) is 81.1 Å². The van der Waals surface area contributed by atoms with Crippen molar-refractivity contribution in [2.75, 3.05) is 0 Å². The number of hydrogen-bond acceptors (Lipinski definition) is 3. The summed E-state index contributed by atoms with van der Waals surface area (Å²) >= 11 is 1.88. The predicted octanol–water partition coefficient (Wildman–Crippen LogP) is 10.4. The summed E-state index contributed by atoms with van der Waals surface area (Å²) in [6.07, 6.45) is 0. The number of aromatic nitrogens is 3. The van der Waals surface area contributed by atoms with Gasteiger partial charge in [-0.15, -0.1) is 21.5 Å². The van der Waals surface area contributed by atoms with Crippen LogP contribution in [0.3, 0.4) is 0 Å². The Morgan fingerprint density at radius 3 is 2.02 bits per heavy atom. The lowest BCUT2D eigenvalue weighted by Gasteiger charge is -2.14. The van der Waals surface area contributed by atoms with Crippen LogP contribution in [0.5, 0.6) is 0 Å². The number of thiophene rings is 1. The Labute approximate surface area is 245 Å². The lowest BCUT2D eigenvalue weighted by molar-refractivity contribution is 1.12. The summed E-state index contributed by atoms with van der Waals surface area (Å²) in [5.74, 6) is 0.853. The SMILES string of the molecule is c1ccc(-c2nnc3c4ccccc4c4cc(-c5ccccc5-c5cccc6c5sc5ccccc56)ccc4n23)cc1. The van der Waals surface area contributed by atoms with Crippen LogP contribution in [-0.2, 0) is 0 Å². The molecule has 9 rings (SSSR count). The van der Waals surface area contributed by atoms with Crippen LogP contribution in [0.2, 0.25) is 0 Å². The van der Waals surface area contributed by atoms with E-state index in [0.717, 1.165) is 27.9 Å². The minimum Gasteiger partial charge on any atom is -0.274 e. The Bertz CT molecular complexity index is 2470. The first-order valence-corrected chi connectivity index (χ1v) is 14.9. The molecular formula is C38H23N3S. The van der Waals surface area contributed by atoms with Gasteiger partial charge in [0, 0.05) is 42.1 Å². The average Bonchev–Trinajstić information content (AvgIpc) is 3.68. The lowest BCUT2D eigenvalue weighted by Crippen LogP contribution is -1.95. The summed E-state index contributed by atoms with van der Waals surface area (Å²) in [5.41, 5.74) is 7.95. The number of pyridine rings is 1. The molecule has 0 unspecified atom stereocenters. The van der Waals surface area contributed by atoms with E-state index in [9.17, 15) is 0 Å². The van der Waals surface area contributed by atoms with Crippen molar-refractivity contribution in [1.82, 2.24) is 14.6 Å². The normalized spacial score (nSPS) is 11.8. The van der Waals surface area contributed by atoms with Crippen LogP contribution in [0.4, 0.5) is 0 Å².